The molecule has 2 aliphatic heterocycles. The lowest BCUT2D eigenvalue weighted by atomic mass is 10.1. The van der Waals surface area contributed by atoms with E-state index in [-0.39, 0.29) is 5.44 Å². The summed E-state index contributed by atoms with van der Waals surface area (Å²) >= 11 is 1.75. The summed E-state index contributed by atoms with van der Waals surface area (Å²) in [7, 11) is 1.65. The maximum atomic E-state index is 5.90. The normalized spacial score (nSPS) is 24.0. The SMILES string of the molecule is COc1ccc2nc(CSC3CC(N4CCC=N4)CCO3)oc2c1. The molecule has 1 aromatic carbocycles. The molecule has 24 heavy (non-hydrogen) atoms. The third-order valence-electron chi connectivity index (χ3n) is 4.39. The van der Waals surface area contributed by atoms with Crippen molar-refractivity contribution in [1.29, 1.82) is 0 Å². The molecule has 6 nitrogen and oxygen atoms in total. The van der Waals surface area contributed by atoms with Crippen molar-refractivity contribution < 1.29 is 13.9 Å². The molecule has 2 atom stereocenters. The highest BCUT2D eigenvalue weighted by atomic mass is 32.2. The number of hydrogen-bond donors (Lipinski definition) is 0. The first-order valence-corrected chi connectivity index (χ1v) is 9.32. The maximum Gasteiger partial charge on any atom is 0.205 e. The lowest BCUT2D eigenvalue weighted by Gasteiger charge is -2.33. The van der Waals surface area contributed by atoms with Crippen LogP contribution in [0.4, 0.5) is 0 Å². The minimum Gasteiger partial charge on any atom is -0.497 e. The van der Waals surface area contributed by atoms with Gasteiger partial charge in [0.2, 0.25) is 5.89 Å². The predicted molar refractivity (Wildman–Crippen MR) is 94.4 cm³/mol. The molecular formula is C17H21N3O3S. The molecule has 1 saturated heterocycles. The third-order valence-corrected chi connectivity index (χ3v) is 5.50. The van der Waals surface area contributed by atoms with E-state index >= 15 is 0 Å². The molecule has 0 saturated carbocycles. The van der Waals surface area contributed by atoms with E-state index in [1.54, 1.807) is 18.9 Å². The predicted octanol–water partition coefficient (Wildman–Crippen LogP) is 3.27. The molecule has 0 radical (unpaired) electrons. The lowest BCUT2D eigenvalue weighted by Crippen LogP contribution is -2.37. The monoisotopic (exact) mass is 347 g/mol. The first-order valence-electron chi connectivity index (χ1n) is 8.27. The van der Waals surface area contributed by atoms with Crippen LogP contribution in [0.2, 0.25) is 0 Å². The van der Waals surface area contributed by atoms with Gasteiger partial charge in [-0.1, -0.05) is 0 Å². The van der Waals surface area contributed by atoms with Gasteiger partial charge in [-0.15, -0.1) is 11.8 Å². The van der Waals surface area contributed by atoms with Gasteiger partial charge in [-0.25, -0.2) is 4.98 Å². The zero-order chi connectivity index (χ0) is 16.4. The second kappa shape index (κ2) is 7.03. The third kappa shape index (κ3) is 3.37. The number of methoxy groups -OCH3 is 1. The van der Waals surface area contributed by atoms with Crippen LogP contribution < -0.4 is 4.74 Å². The van der Waals surface area contributed by atoms with E-state index in [1.165, 1.54) is 0 Å². The number of rotatable bonds is 5. The molecule has 2 aromatic rings. The van der Waals surface area contributed by atoms with Gasteiger partial charge in [0.25, 0.3) is 0 Å². The molecule has 4 rings (SSSR count). The number of aromatic nitrogens is 1. The second-order valence-electron chi connectivity index (χ2n) is 5.98. The van der Waals surface area contributed by atoms with Gasteiger partial charge in [-0.3, -0.25) is 5.01 Å². The van der Waals surface area contributed by atoms with Gasteiger partial charge in [-0.2, -0.15) is 5.10 Å². The number of hydrogen-bond acceptors (Lipinski definition) is 7. The Morgan fingerprint density at radius 2 is 2.38 bits per heavy atom. The topological polar surface area (TPSA) is 60.1 Å². The molecule has 0 spiro atoms. The molecule has 128 valence electrons. The Bertz CT molecular complexity index is 733. The summed E-state index contributed by atoms with van der Waals surface area (Å²) in [6, 6.07) is 6.18. The Labute approximate surface area is 145 Å². The molecule has 7 heteroatoms. The van der Waals surface area contributed by atoms with Gasteiger partial charge >= 0.3 is 0 Å². The van der Waals surface area contributed by atoms with Gasteiger partial charge in [0.1, 0.15) is 16.7 Å². The Morgan fingerprint density at radius 3 is 3.21 bits per heavy atom. The van der Waals surface area contributed by atoms with Crippen LogP contribution in [0.3, 0.4) is 0 Å². The van der Waals surface area contributed by atoms with Crippen LogP contribution in [0.5, 0.6) is 5.75 Å². The summed E-state index contributed by atoms with van der Waals surface area (Å²) in [4.78, 5) is 4.54. The molecule has 0 aliphatic carbocycles. The summed E-state index contributed by atoms with van der Waals surface area (Å²) in [6.07, 6.45) is 5.11. The Morgan fingerprint density at radius 1 is 1.42 bits per heavy atom. The fraction of sp³-hybridized carbons (Fsp3) is 0.529. The number of oxazole rings is 1. The van der Waals surface area contributed by atoms with E-state index in [1.807, 2.05) is 24.4 Å². The highest BCUT2D eigenvalue weighted by Gasteiger charge is 2.28. The van der Waals surface area contributed by atoms with Crippen molar-refractivity contribution in [3.05, 3.63) is 24.1 Å². The van der Waals surface area contributed by atoms with Gasteiger partial charge in [0, 0.05) is 31.7 Å². The lowest BCUT2D eigenvalue weighted by molar-refractivity contribution is 0.0204. The molecule has 3 heterocycles. The number of hydrazone groups is 1. The van der Waals surface area contributed by atoms with Crippen LogP contribution >= 0.6 is 11.8 Å². The quantitative estimate of drug-likeness (QED) is 0.827. The minimum atomic E-state index is 0.170. The standard InChI is InChI=1S/C17H21N3O3S/c1-21-13-3-4-14-15(10-13)23-16(19-14)11-24-17-9-12(5-8-22-17)20-7-2-6-18-20/h3-4,6,10,12,17H,2,5,7-9,11H2,1H3. The molecule has 0 amide bonds. The number of ether oxygens (including phenoxy) is 2. The van der Waals surface area contributed by atoms with E-state index in [2.05, 4.69) is 15.1 Å². The second-order valence-corrected chi connectivity index (χ2v) is 7.13. The molecule has 1 fully saturated rings. The van der Waals surface area contributed by atoms with Crippen LogP contribution in [-0.4, -0.2) is 47.9 Å². The molecule has 1 aromatic heterocycles. The Balaban J connectivity index is 1.36. The number of fused-ring (bicyclic) bond motifs is 1. The average Bonchev–Trinajstić information content (AvgIpc) is 3.29. The van der Waals surface area contributed by atoms with Gasteiger partial charge in [0.05, 0.1) is 25.5 Å². The van der Waals surface area contributed by atoms with E-state index < -0.39 is 0 Å². The molecular weight excluding hydrogens is 326 g/mol. The Hall–Kier alpha value is -1.73. The molecule has 2 aliphatic rings. The van der Waals surface area contributed by atoms with Crippen molar-refractivity contribution in [3.8, 4) is 5.75 Å². The highest BCUT2D eigenvalue weighted by Crippen LogP contribution is 2.31. The molecule has 2 unspecified atom stereocenters. The van der Waals surface area contributed by atoms with E-state index in [0.29, 0.717) is 11.8 Å². The number of benzene rings is 1. The van der Waals surface area contributed by atoms with Gasteiger partial charge in [0.15, 0.2) is 5.58 Å². The average molecular weight is 347 g/mol. The van der Waals surface area contributed by atoms with E-state index in [4.69, 9.17) is 13.9 Å². The van der Waals surface area contributed by atoms with Crippen LogP contribution in [0.25, 0.3) is 11.1 Å². The van der Waals surface area contributed by atoms with Crippen LogP contribution in [0.1, 0.15) is 25.2 Å². The van der Waals surface area contributed by atoms with Crippen LogP contribution in [-0.2, 0) is 10.5 Å². The number of thioether (sulfide) groups is 1. The van der Waals surface area contributed by atoms with E-state index in [0.717, 1.165) is 55.2 Å². The zero-order valence-corrected chi connectivity index (χ0v) is 14.5. The smallest absolute Gasteiger partial charge is 0.205 e. The van der Waals surface area contributed by atoms with Crippen LogP contribution in [0, 0.1) is 0 Å². The van der Waals surface area contributed by atoms with Crippen molar-refractivity contribution in [2.24, 2.45) is 5.10 Å². The molecule has 0 bridgehead atoms. The first kappa shape index (κ1) is 15.8. The zero-order valence-electron chi connectivity index (χ0n) is 13.7. The largest absolute Gasteiger partial charge is 0.497 e. The van der Waals surface area contributed by atoms with Crippen molar-refractivity contribution >= 4 is 29.1 Å². The van der Waals surface area contributed by atoms with Crippen molar-refractivity contribution in [1.82, 2.24) is 9.99 Å². The van der Waals surface area contributed by atoms with Crippen molar-refractivity contribution in [2.75, 3.05) is 20.3 Å². The summed E-state index contributed by atoms with van der Waals surface area (Å²) in [5.74, 6) is 2.22. The van der Waals surface area contributed by atoms with Crippen LogP contribution in [0.15, 0.2) is 27.7 Å². The Kier molecular flexibility index (Phi) is 4.62. The number of nitrogens with zero attached hydrogens (tertiary/aromatic N) is 3. The van der Waals surface area contributed by atoms with Gasteiger partial charge < -0.3 is 13.9 Å². The maximum absolute atomic E-state index is 5.90. The van der Waals surface area contributed by atoms with Crippen molar-refractivity contribution in [2.45, 2.75) is 36.5 Å². The fourth-order valence-corrected chi connectivity index (χ4v) is 4.13. The summed E-state index contributed by atoms with van der Waals surface area (Å²) in [6.45, 7) is 1.83. The summed E-state index contributed by atoms with van der Waals surface area (Å²) < 4.78 is 16.9. The first-order chi connectivity index (χ1) is 11.8. The van der Waals surface area contributed by atoms with Gasteiger partial charge in [-0.05, 0) is 18.6 Å². The molecule has 0 N–H and O–H groups in total. The van der Waals surface area contributed by atoms with Crippen molar-refractivity contribution in [3.63, 3.8) is 0 Å². The fourth-order valence-electron chi connectivity index (χ4n) is 3.12. The van der Waals surface area contributed by atoms with E-state index in [9.17, 15) is 0 Å². The summed E-state index contributed by atoms with van der Waals surface area (Å²) in [5, 5.41) is 6.67. The summed E-state index contributed by atoms with van der Waals surface area (Å²) in [5.41, 5.74) is 1.79. The minimum absolute atomic E-state index is 0.170. The highest BCUT2D eigenvalue weighted by molar-refractivity contribution is 7.98.